The number of fused-ring (bicyclic) bond motifs is 1. The van der Waals surface area contributed by atoms with Crippen LogP contribution < -0.4 is 5.32 Å². The van der Waals surface area contributed by atoms with Gasteiger partial charge in [0.05, 0.1) is 5.41 Å². The molecule has 5 heteroatoms. The SMILES string of the molecule is CC(C)CNC(=O)N1C[C@@H]2CCC[C@@]2(C(=O)O)C1. The predicted octanol–water partition coefficient (Wildman–Crippen LogP) is 1.54. The van der Waals surface area contributed by atoms with Crippen molar-refractivity contribution in [2.45, 2.75) is 33.1 Å². The molecule has 18 heavy (non-hydrogen) atoms. The molecule has 2 aliphatic rings. The van der Waals surface area contributed by atoms with E-state index in [1.165, 1.54) is 0 Å². The van der Waals surface area contributed by atoms with Crippen molar-refractivity contribution in [2.24, 2.45) is 17.3 Å². The van der Waals surface area contributed by atoms with E-state index in [1.54, 1.807) is 4.90 Å². The number of amides is 2. The number of carbonyl (C=O) groups excluding carboxylic acids is 1. The average Bonchev–Trinajstić information content (AvgIpc) is 2.82. The number of likely N-dealkylation sites (tertiary alicyclic amines) is 1. The summed E-state index contributed by atoms with van der Waals surface area (Å²) in [7, 11) is 0. The van der Waals surface area contributed by atoms with Crippen LogP contribution >= 0.6 is 0 Å². The Morgan fingerprint density at radius 3 is 2.78 bits per heavy atom. The lowest BCUT2D eigenvalue weighted by molar-refractivity contribution is -0.149. The number of carboxylic acids is 1. The summed E-state index contributed by atoms with van der Waals surface area (Å²) in [5.74, 6) is -0.187. The number of hydrogen-bond acceptors (Lipinski definition) is 2. The van der Waals surface area contributed by atoms with Crippen molar-refractivity contribution in [1.29, 1.82) is 0 Å². The first-order valence-electron chi connectivity index (χ1n) is 6.72. The topological polar surface area (TPSA) is 69.6 Å². The molecule has 0 unspecified atom stereocenters. The summed E-state index contributed by atoms with van der Waals surface area (Å²) in [4.78, 5) is 25.1. The van der Waals surface area contributed by atoms with E-state index in [-0.39, 0.29) is 11.9 Å². The van der Waals surface area contributed by atoms with Gasteiger partial charge >= 0.3 is 12.0 Å². The summed E-state index contributed by atoms with van der Waals surface area (Å²) in [5, 5.41) is 12.3. The molecule has 1 heterocycles. The largest absolute Gasteiger partial charge is 0.481 e. The van der Waals surface area contributed by atoms with Crippen LogP contribution in [0.1, 0.15) is 33.1 Å². The van der Waals surface area contributed by atoms with Crippen LogP contribution in [0.3, 0.4) is 0 Å². The molecular weight excluding hydrogens is 232 g/mol. The Balaban J connectivity index is 1.99. The number of nitrogens with zero attached hydrogens (tertiary/aromatic N) is 1. The van der Waals surface area contributed by atoms with Gasteiger partial charge in [-0.2, -0.15) is 0 Å². The van der Waals surface area contributed by atoms with Crippen molar-refractivity contribution in [1.82, 2.24) is 10.2 Å². The van der Waals surface area contributed by atoms with E-state index in [4.69, 9.17) is 0 Å². The smallest absolute Gasteiger partial charge is 0.317 e. The number of carbonyl (C=O) groups is 2. The maximum Gasteiger partial charge on any atom is 0.317 e. The second-order valence-corrected chi connectivity index (χ2v) is 6.01. The summed E-state index contributed by atoms with van der Waals surface area (Å²) in [5.41, 5.74) is -0.671. The average molecular weight is 254 g/mol. The third-order valence-electron chi connectivity index (χ3n) is 4.25. The fraction of sp³-hybridized carbons (Fsp3) is 0.846. The molecule has 2 fully saturated rings. The molecule has 1 aliphatic carbocycles. The van der Waals surface area contributed by atoms with Crippen LogP contribution in [-0.4, -0.2) is 41.6 Å². The molecule has 102 valence electrons. The quantitative estimate of drug-likeness (QED) is 0.802. The van der Waals surface area contributed by atoms with Gasteiger partial charge in [0, 0.05) is 19.6 Å². The number of rotatable bonds is 3. The van der Waals surface area contributed by atoms with Gasteiger partial charge in [0.25, 0.3) is 0 Å². The van der Waals surface area contributed by atoms with Crippen LogP contribution in [0.15, 0.2) is 0 Å². The van der Waals surface area contributed by atoms with Crippen LogP contribution in [0.4, 0.5) is 4.79 Å². The van der Waals surface area contributed by atoms with E-state index in [0.717, 1.165) is 12.8 Å². The first kappa shape index (κ1) is 13.2. The molecule has 0 aromatic heterocycles. The van der Waals surface area contributed by atoms with Gasteiger partial charge in [0.2, 0.25) is 0 Å². The minimum atomic E-state index is -0.732. The van der Waals surface area contributed by atoms with E-state index in [9.17, 15) is 14.7 Å². The molecule has 0 aromatic rings. The normalized spacial score (nSPS) is 30.6. The molecule has 1 aliphatic heterocycles. The molecule has 1 saturated heterocycles. The van der Waals surface area contributed by atoms with E-state index < -0.39 is 11.4 Å². The summed E-state index contributed by atoms with van der Waals surface area (Å²) in [6, 6.07) is -0.112. The van der Waals surface area contributed by atoms with Crippen molar-refractivity contribution in [2.75, 3.05) is 19.6 Å². The minimum absolute atomic E-state index is 0.112. The van der Waals surface area contributed by atoms with Crippen LogP contribution in [-0.2, 0) is 4.79 Å². The zero-order chi connectivity index (χ0) is 13.3. The standard InChI is InChI=1S/C13H22N2O3/c1-9(2)6-14-12(18)15-7-10-4-3-5-13(10,8-15)11(16)17/h9-10H,3-8H2,1-2H3,(H,14,18)(H,16,17)/t10-,13+/m0/s1. The predicted molar refractivity (Wildman–Crippen MR) is 67.2 cm³/mol. The third-order valence-corrected chi connectivity index (χ3v) is 4.25. The molecule has 5 nitrogen and oxygen atoms in total. The molecule has 2 rings (SSSR count). The van der Waals surface area contributed by atoms with Gasteiger partial charge in [-0.3, -0.25) is 4.79 Å². The molecule has 0 aromatic carbocycles. The molecule has 2 amide bonds. The summed E-state index contributed by atoms with van der Waals surface area (Å²) < 4.78 is 0. The molecule has 0 bridgehead atoms. The Morgan fingerprint density at radius 1 is 1.50 bits per heavy atom. The second kappa shape index (κ2) is 4.78. The van der Waals surface area contributed by atoms with Gasteiger partial charge in [-0.1, -0.05) is 20.3 Å². The minimum Gasteiger partial charge on any atom is -0.481 e. The van der Waals surface area contributed by atoms with Gasteiger partial charge in [-0.15, -0.1) is 0 Å². The van der Waals surface area contributed by atoms with Gasteiger partial charge in [0.15, 0.2) is 0 Å². The highest BCUT2D eigenvalue weighted by Gasteiger charge is 2.55. The van der Waals surface area contributed by atoms with Crippen molar-refractivity contribution >= 4 is 12.0 Å². The molecule has 0 spiro atoms. The zero-order valence-electron chi connectivity index (χ0n) is 11.1. The molecule has 2 atom stereocenters. The van der Waals surface area contributed by atoms with E-state index in [1.807, 2.05) is 13.8 Å². The monoisotopic (exact) mass is 254 g/mol. The number of urea groups is 1. The first-order valence-corrected chi connectivity index (χ1v) is 6.72. The summed E-state index contributed by atoms with van der Waals surface area (Å²) >= 11 is 0. The fourth-order valence-electron chi connectivity index (χ4n) is 3.20. The van der Waals surface area contributed by atoms with Gasteiger partial charge < -0.3 is 15.3 Å². The maximum absolute atomic E-state index is 12.0. The highest BCUT2D eigenvalue weighted by atomic mass is 16.4. The molecule has 1 saturated carbocycles. The summed E-state index contributed by atoms with van der Waals surface area (Å²) in [6.07, 6.45) is 2.61. The van der Waals surface area contributed by atoms with Crippen LogP contribution in [0.2, 0.25) is 0 Å². The Kier molecular flexibility index (Phi) is 3.50. The number of nitrogens with one attached hydrogen (secondary N) is 1. The Hall–Kier alpha value is -1.26. The first-order chi connectivity index (χ1) is 8.45. The molecule has 0 radical (unpaired) electrons. The maximum atomic E-state index is 12.0. The number of aliphatic carboxylic acids is 1. The fourth-order valence-corrected chi connectivity index (χ4v) is 3.20. The van der Waals surface area contributed by atoms with Crippen molar-refractivity contribution in [3.8, 4) is 0 Å². The highest BCUT2D eigenvalue weighted by Crippen LogP contribution is 2.48. The van der Waals surface area contributed by atoms with Gasteiger partial charge in [-0.25, -0.2) is 4.79 Å². The van der Waals surface area contributed by atoms with E-state index >= 15 is 0 Å². The second-order valence-electron chi connectivity index (χ2n) is 6.01. The summed E-state index contributed by atoms with van der Waals surface area (Å²) in [6.45, 7) is 5.68. The van der Waals surface area contributed by atoms with Gasteiger partial charge in [-0.05, 0) is 24.7 Å². The number of hydrogen-bond donors (Lipinski definition) is 2. The Bertz CT molecular complexity index is 356. The lowest BCUT2D eigenvalue weighted by atomic mass is 9.81. The number of carboxylic acid groups (broad SMARTS) is 1. The zero-order valence-corrected chi connectivity index (χ0v) is 11.1. The van der Waals surface area contributed by atoms with Crippen molar-refractivity contribution in [3.63, 3.8) is 0 Å². The highest BCUT2D eigenvalue weighted by molar-refractivity contribution is 5.80. The van der Waals surface area contributed by atoms with Crippen LogP contribution in [0.5, 0.6) is 0 Å². The van der Waals surface area contributed by atoms with Crippen molar-refractivity contribution in [3.05, 3.63) is 0 Å². The third kappa shape index (κ3) is 2.18. The lowest BCUT2D eigenvalue weighted by Crippen LogP contribution is -2.42. The Morgan fingerprint density at radius 2 is 2.22 bits per heavy atom. The van der Waals surface area contributed by atoms with Crippen molar-refractivity contribution < 1.29 is 14.7 Å². The lowest BCUT2D eigenvalue weighted by Gasteiger charge is -2.23. The van der Waals surface area contributed by atoms with Crippen LogP contribution in [0, 0.1) is 17.3 Å². The van der Waals surface area contributed by atoms with Crippen LogP contribution in [0.25, 0.3) is 0 Å². The Labute approximate surface area is 108 Å². The molecular formula is C13H22N2O3. The molecule has 2 N–H and O–H groups in total. The van der Waals surface area contributed by atoms with E-state index in [2.05, 4.69) is 5.32 Å². The van der Waals surface area contributed by atoms with E-state index in [0.29, 0.717) is 32.0 Å². The van der Waals surface area contributed by atoms with Gasteiger partial charge in [0.1, 0.15) is 0 Å².